The van der Waals surface area contributed by atoms with Gasteiger partial charge in [0.1, 0.15) is 5.57 Å². The molecule has 0 atom stereocenters. The Morgan fingerprint density at radius 1 is 0.420 bits per heavy atom. The van der Waals surface area contributed by atoms with Crippen LogP contribution in [0.5, 0.6) is 0 Å². The molecule has 3 rings (SSSR count). The number of unbranched alkanes of at least 4 members (excludes halogenated alkanes) is 32. The number of rotatable bonds is 39. The summed E-state index contributed by atoms with van der Waals surface area (Å²) in [4.78, 5) is 0. The minimum atomic E-state index is 0. The first-order valence-corrected chi connectivity index (χ1v) is 29.7. The molecule has 0 aromatic heterocycles. The van der Waals surface area contributed by atoms with Crippen molar-refractivity contribution < 1.29 is 21.2 Å². The minimum Gasteiger partial charge on any atom is -0.493 e. The van der Waals surface area contributed by atoms with Gasteiger partial charge in [0.25, 0.3) is 0 Å². The summed E-state index contributed by atoms with van der Waals surface area (Å²) in [6.07, 6.45) is 52.4. The van der Waals surface area contributed by atoms with Gasteiger partial charge >= 0.3 is 16.5 Å². The Bertz CT molecular complexity index is 1570. The summed E-state index contributed by atoms with van der Waals surface area (Å²) in [6, 6.07) is 17.7. The van der Waals surface area contributed by atoms with Crippen LogP contribution in [0.3, 0.4) is 0 Å². The van der Waals surface area contributed by atoms with Gasteiger partial charge in [0.15, 0.2) is 0 Å². The standard InChI is InChI=1S/C46H68N2.2C10H21.Ni/c1-5-9-12-13-14-15-16-17-18-19-20-21-22-23-24-27-33-44-43(8-4)45(41-36-34-39(35-37-41)29-25-10-6-2)48(47)46(44)42-32-28-31-40(38-42)30-26-11-7-3;2*1-3-5-7-9-10-8-6-4-2;/h28,31-32,34-38H,5-26,29-30H2,1-4H3;2*1,3-10H2,2H3;/q;2*-1;+2. The maximum atomic E-state index is 11.9. The van der Waals surface area contributed by atoms with Crippen LogP contribution in [0.4, 0.5) is 0 Å². The van der Waals surface area contributed by atoms with Crippen molar-refractivity contribution in [3.05, 3.63) is 101 Å². The minimum absolute atomic E-state index is 0. The Balaban J connectivity index is 0.00000183. The zero-order valence-corrected chi connectivity index (χ0v) is 47.5. The maximum Gasteiger partial charge on any atom is 2.00 e. The quantitative estimate of drug-likeness (QED) is 0.0210. The molecule has 0 amide bonds. The number of hydrogen-bond donors (Lipinski definition) is 0. The number of benzene rings is 2. The molecule has 2 aromatic carbocycles. The van der Waals surface area contributed by atoms with Crippen LogP contribution >= 0.6 is 0 Å². The van der Waals surface area contributed by atoms with E-state index in [1.54, 1.807) is 0 Å². The molecule has 69 heavy (non-hydrogen) atoms. The average molecular weight is 990 g/mol. The molecular weight excluding hydrogens is 879 g/mol. The van der Waals surface area contributed by atoms with Gasteiger partial charge in [-0.2, -0.15) is 12.8 Å². The maximum absolute atomic E-state index is 11.9. The third-order valence-electron chi connectivity index (χ3n) is 13.7. The second-order valence-corrected chi connectivity index (χ2v) is 20.1. The Morgan fingerprint density at radius 3 is 1.23 bits per heavy atom. The van der Waals surface area contributed by atoms with Gasteiger partial charge in [-0.25, -0.2) is 4.70 Å². The Kier molecular flexibility index (Phi) is 47.4. The van der Waals surface area contributed by atoms with Gasteiger partial charge in [-0.05, 0) is 73.9 Å². The second-order valence-electron chi connectivity index (χ2n) is 20.1. The van der Waals surface area contributed by atoms with Crippen molar-refractivity contribution in [2.75, 3.05) is 0 Å². The number of hydrogen-bond acceptors (Lipinski definition) is 0. The van der Waals surface area contributed by atoms with Gasteiger partial charge in [-0.1, -0.05) is 277 Å². The van der Waals surface area contributed by atoms with Crippen LogP contribution in [0, 0.1) is 25.7 Å². The Hall–Kier alpha value is -2.43. The molecule has 2 nitrogen and oxygen atoms in total. The molecule has 394 valence electrons. The van der Waals surface area contributed by atoms with Gasteiger partial charge in [0, 0.05) is 23.1 Å². The van der Waals surface area contributed by atoms with Gasteiger partial charge in [-0.15, -0.1) is 0 Å². The molecule has 0 saturated heterocycles. The molecular formula is C66H110N2Ni. The van der Waals surface area contributed by atoms with Gasteiger partial charge in [-0.3, -0.25) is 0 Å². The van der Waals surface area contributed by atoms with Crippen LogP contribution < -0.4 is 0 Å². The number of allylic oxidation sites excluding steroid dienone is 2. The van der Waals surface area contributed by atoms with E-state index in [9.17, 15) is 5.53 Å². The SMILES string of the molecule is CCCCCCCCCCCCCCCCC#CC1=C(c2cccc(CCCCC)c2)[N+](=[N-])C(c2ccc(CCCCC)cc2)=C1CC.[CH2-]CCCCCCCCC.[CH2-]CCCCCCCCC.[Ni+2]. The largest absolute Gasteiger partial charge is 2.00 e. The third-order valence-corrected chi connectivity index (χ3v) is 13.7. The average Bonchev–Trinajstić information content (AvgIpc) is 3.64. The number of aryl methyl sites for hydroxylation is 2. The molecule has 1 aliphatic heterocycles. The van der Waals surface area contributed by atoms with Gasteiger partial charge in [0.05, 0.1) is 0 Å². The molecule has 1 heterocycles. The van der Waals surface area contributed by atoms with Crippen LogP contribution in [0.25, 0.3) is 16.9 Å². The van der Waals surface area contributed by atoms with Crippen molar-refractivity contribution in [2.24, 2.45) is 0 Å². The second kappa shape index (κ2) is 49.2. The molecule has 3 heteroatoms. The van der Waals surface area contributed by atoms with E-state index in [2.05, 4.69) is 116 Å². The summed E-state index contributed by atoms with van der Waals surface area (Å²) in [5.74, 6) is 7.14. The van der Waals surface area contributed by atoms with Crippen LogP contribution in [-0.2, 0) is 29.3 Å². The van der Waals surface area contributed by atoms with E-state index < -0.39 is 0 Å². The normalized spacial score (nSPS) is 12.0. The third kappa shape index (κ3) is 33.0. The summed E-state index contributed by atoms with van der Waals surface area (Å²) in [7, 11) is 0. The first-order chi connectivity index (χ1) is 33.5. The topological polar surface area (TPSA) is 25.3 Å². The van der Waals surface area contributed by atoms with Crippen molar-refractivity contribution >= 4 is 11.4 Å². The van der Waals surface area contributed by atoms with E-state index in [1.807, 2.05) is 0 Å². The van der Waals surface area contributed by atoms with E-state index >= 15 is 0 Å². The molecule has 0 N–H and O–H groups in total. The van der Waals surface area contributed by atoms with E-state index in [0.717, 1.165) is 78.6 Å². The molecule has 0 fully saturated rings. The van der Waals surface area contributed by atoms with E-state index in [1.165, 1.54) is 228 Å². The summed E-state index contributed by atoms with van der Waals surface area (Å²) >= 11 is 0. The first-order valence-electron chi connectivity index (χ1n) is 29.7. The summed E-state index contributed by atoms with van der Waals surface area (Å²) in [6.45, 7) is 21.2. The molecule has 0 unspecified atom stereocenters. The predicted octanol–water partition coefficient (Wildman–Crippen LogP) is 22.5. The van der Waals surface area contributed by atoms with Crippen LogP contribution in [0.2, 0.25) is 0 Å². The first kappa shape index (κ1) is 66.6. The molecule has 0 bridgehead atoms. The zero-order chi connectivity index (χ0) is 49.6. The summed E-state index contributed by atoms with van der Waals surface area (Å²) in [5, 5.41) is 0. The number of nitrogens with zero attached hydrogens (tertiary/aromatic N) is 2. The molecule has 0 saturated carbocycles. The summed E-state index contributed by atoms with van der Waals surface area (Å²) < 4.78 is 1.45. The smallest absolute Gasteiger partial charge is 0.493 e. The van der Waals surface area contributed by atoms with Crippen LogP contribution in [0.1, 0.15) is 308 Å². The fourth-order valence-corrected chi connectivity index (χ4v) is 9.34. The zero-order valence-electron chi connectivity index (χ0n) is 46.5. The van der Waals surface area contributed by atoms with Crippen molar-refractivity contribution in [2.45, 2.75) is 298 Å². The van der Waals surface area contributed by atoms with Crippen LogP contribution in [-0.4, -0.2) is 4.70 Å². The van der Waals surface area contributed by atoms with Crippen LogP contribution in [0.15, 0.2) is 59.7 Å². The van der Waals surface area contributed by atoms with E-state index in [4.69, 9.17) is 0 Å². The van der Waals surface area contributed by atoms with Crippen molar-refractivity contribution in [1.29, 1.82) is 0 Å². The predicted molar refractivity (Wildman–Crippen MR) is 306 cm³/mol. The molecule has 1 aliphatic rings. The Morgan fingerprint density at radius 2 is 0.812 bits per heavy atom. The van der Waals surface area contributed by atoms with Gasteiger partial charge in [0.2, 0.25) is 11.4 Å². The van der Waals surface area contributed by atoms with E-state index in [0.29, 0.717) is 0 Å². The fourth-order valence-electron chi connectivity index (χ4n) is 9.34. The monoisotopic (exact) mass is 989 g/mol. The van der Waals surface area contributed by atoms with Crippen molar-refractivity contribution in [1.82, 2.24) is 0 Å². The molecule has 0 spiro atoms. The Labute approximate surface area is 441 Å². The molecule has 0 aliphatic carbocycles. The van der Waals surface area contributed by atoms with Crippen molar-refractivity contribution in [3.8, 4) is 11.8 Å². The molecule has 0 radical (unpaired) electrons. The van der Waals surface area contributed by atoms with Crippen molar-refractivity contribution in [3.63, 3.8) is 0 Å². The fraction of sp³-hybridized carbons (Fsp3) is 0.697. The summed E-state index contributed by atoms with van der Waals surface area (Å²) in [5.41, 5.74) is 20.6. The van der Waals surface area contributed by atoms with Gasteiger partial charge < -0.3 is 19.4 Å². The van der Waals surface area contributed by atoms with E-state index in [-0.39, 0.29) is 16.5 Å². The molecule has 2 aromatic rings.